The number of carbonyl (C=O) groups excluding carboxylic acids is 1. The molecular formula is C11H9F3N4O3. The van der Waals surface area contributed by atoms with Gasteiger partial charge in [-0.1, -0.05) is 0 Å². The molecule has 1 amide bonds. The number of carbonyl (C=O) groups is 2. The van der Waals surface area contributed by atoms with E-state index in [1.54, 1.807) is 12.3 Å². The van der Waals surface area contributed by atoms with E-state index in [9.17, 15) is 18.0 Å². The molecule has 1 aromatic rings. The van der Waals surface area contributed by atoms with Crippen LogP contribution in [0.25, 0.3) is 0 Å². The Bertz CT molecular complexity index is 611. The second-order valence-electron chi connectivity index (χ2n) is 3.69. The largest absolute Gasteiger partial charge is 0.490 e. The summed E-state index contributed by atoms with van der Waals surface area (Å²) in [5.74, 6) is -2.60. The number of halogens is 3. The highest BCUT2D eigenvalue weighted by Gasteiger charge is 2.38. The summed E-state index contributed by atoms with van der Waals surface area (Å²) in [6.07, 6.45) is 1.54. The Morgan fingerprint density at radius 2 is 1.95 bits per heavy atom. The molecule has 0 atom stereocenters. The number of fused-ring (bicyclic) bond motifs is 1. The monoisotopic (exact) mass is 302 g/mol. The molecule has 0 saturated carbocycles. The van der Waals surface area contributed by atoms with Gasteiger partial charge in [0.2, 0.25) is 5.91 Å². The number of carboxylic acid groups (broad SMARTS) is 1. The van der Waals surface area contributed by atoms with Crippen molar-refractivity contribution in [2.75, 3.05) is 0 Å². The maximum Gasteiger partial charge on any atom is 0.490 e. The lowest BCUT2D eigenvalue weighted by Gasteiger charge is -2.01. The standard InChI is InChI=1S/C9H8N4O.C2HF3O2/c10-8(14)6-1-2-12-9-7(3-6)4-11-5-13-9;3-2(4,5)1(6)7/h1-2,4-5H,3H2,(H2,10,14);(H,6,7). The van der Waals surface area contributed by atoms with Gasteiger partial charge in [-0.3, -0.25) is 4.79 Å². The summed E-state index contributed by atoms with van der Waals surface area (Å²) >= 11 is 0. The van der Waals surface area contributed by atoms with Crippen LogP contribution in [0.15, 0.2) is 29.2 Å². The molecule has 0 unspecified atom stereocenters. The van der Waals surface area contributed by atoms with Crippen molar-refractivity contribution in [3.8, 4) is 0 Å². The fourth-order valence-corrected chi connectivity index (χ4v) is 1.22. The predicted octanol–water partition coefficient (Wildman–Crippen LogP) is 0.780. The van der Waals surface area contributed by atoms with Gasteiger partial charge in [0.05, 0.1) is 0 Å². The number of nitrogens with zero attached hydrogens (tertiary/aromatic N) is 3. The quantitative estimate of drug-likeness (QED) is 0.794. The van der Waals surface area contributed by atoms with Crippen LogP contribution in [0.5, 0.6) is 0 Å². The molecule has 2 heterocycles. The SMILES string of the molecule is NC(=O)C1=CC=Nc2ncncc2C1.O=C(O)C(F)(F)F. The highest BCUT2D eigenvalue weighted by Crippen LogP contribution is 2.19. The van der Waals surface area contributed by atoms with Crippen LogP contribution in [-0.4, -0.2) is 39.3 Å². The smallest absolute Gasteiger partial charge is 0.475 e. The summed E-state index contributed by atoms with van der Waals surface area (Å²) in [5, 5.41) is 7.12. The number of nitrogens with two attached hydrogens (primary N) is 1. The normalized spacial score (nSPS) is 13.2. The summed E-state index contributed by atoms with van der Waals surface area (Å²) in [6.45, 7) is 0. The minimum Gasteiger partial charge on any atom is -0.475 e. The molecule has 0 radical (unpaired) electrons. The average Bonchev–Trinajstić information content (AvgIpc) is 2.60. The van der Waals surface area contributed by atoms with E-state index >= 15 is 0 Å². The molecular weight excluding hydrogens is 293 g/mol. The van der Waals surface area contributed by atoms with Crippen molar-refractivity contribution in [3.05, 3.63) is 29.7 Å². The van der Waals surface area contributed by atoms with Crippen LogP contribution in [-0.2, 0) is 16.0 Å². The van der Waals surface area contributed by atoms with E-state index in [2.05, 4.69) is 15.0 Å². The van der Waals surface area contributed by atoms with E-state index in [1.807, 2.05) is 0 Å². The van der Waals surface area contributed by atoms with Crippen molar-refractivity contribution in [3.63, 3.8) is 0 Å². The molecule has 112 valence electrons. The predicted molar refractivity (Wildman–Crippen MR) is 64.9 cm³/mol. The van der Waals surface area contributed by atoms with Gasteiger partial charge in [-0.05, 0) is 6.08 Å². The lowest BCUT2D eigenvalue weighted by molar-refractivity contribution is -0.192. The molecule has 0 saturated heterocycles. The van der Waals surface area contributed by atoms with Crippen LogP contribution in [0, 0.1) is 0 Å². The Kier molecular flexibility index (Phi) is 5.11. The minimum atomic E-state index is -5.08. The molecule has 0 bridgehead atoms. The summed E-state index contributed by atoms with van der Waals surface area (Å²) in [4.78, 5) is 31.8. The van der Waals surface area contributed by atoms with Gasteiger partial charge < -0.3 is 10.8 Å². The zero-order chi connectivity index (χ0) is 16.0. The van der Waals surface area contributed by atoms with Gasteiger partial charge in [-0.25, -0.2) is 19.8 Å². The molecule has 0 aromatic carbocycles. The van der Waals surface area contributed by atoms with Crippen LogP contribution in [0.2, 0.25) is 0 Å². The fraction of sp³-hybridized carbons (Fsp3) is 0.182. The third kappa shape index (κ3) is 5.01. The summed E-state index contributed by atoms with van der Waals surface area (Å²) < 4.78 is 31.7. The fourth-order valence-electron chi connectivity index (χ4n) is 1.22. The van der Waals surface area contributed by atoms with Crippen LogP contribution >= 0.6 is 0 Å². The van der Waals surface area contributed by atoms with Crippen molar-refractivity contribution >= 4 is 23.9 Å². The molecule has 3 N–H and O–H groups in total. The molecule has 0 spiro atoms. The van der Waals surface area contributed by atoms with Crippen molar-refractivity contribution in [2.45, 2.75) is 12.6 Å². The van der Waals surface area contributed by atoms with Gasteiger partial charge in [0.1, 0.15) is 6.33 Å². The van der Waals surface area contributed by atoms with Crippen LogP contribution in [0.4, 0.5) is 19.0 Å². The number of amides is 1. The first-order valence-corrected chi connectivity index (χ1v) is 5.34. The number of aliphatic carboxylic acids is 1. The summed E-state index contributed by atoms with van der Waals surface area (Å²) in [5.41, 5.74) is 6.51. The van der Waals surface area contributed by atoms with E-state index in [0.717, 1.165) is 5.56 Å². The van der Waals surface area contributed by atoms with Gasteiger partial charge >= 0.3 is 12.1 Å². The third-order valence-electron chi connectivity index (χ3n) is 2.18. The molecule has 0 fully saturated rings. The van der Waals surface area contributed by atoms with Crippen LogP contribution < -0.4 is 5.73 Å². The highest BCUT2D eigenvalue weighted by atomic mass is 19.4. The number of rotatable bonds is 1. The zero-order valence-electron chi connectivity index (χ0n) is 10.3. The number of alkyl halides is 3. The molecule has 21 heavy (non-hydrogen) atoms. The topological polar surface area (TPSA) is 119 Å². The molecule has 1 aliphatic rings. The number of allylic oxidation sites excluding steroid dienone is 1. The van der Waals surface area contributed by atoms with E-state index < -0.39 is 18.1 Å². The van der Waals surface area contributed by atoms with Crippen LogP contribution in [0.1, 0.15) is 5.56 Å². The lowest BCUT2D eigenvalue weighted by Crippen LogP contribution is -2.21. The number of carboxylic acids is 1. The van der Waals surface area contributed by atoms with E-state index in [4.69, 9.17) is 15.6 Å². The van der Waals surface area contributed by atoms with Gasteiger partial charge in [0, 0.05) is 30.0 Å². The van der Waals surface area contributed by atoms with Crippen molar-refractivity contribution in [2.24, 2.45) is 10.7 Å². The second-order valence-corrected chi connectivity index (χ2v) is 3.69. The first kappa shape index (κ1) is 16.3. The summed E-state index contributed by atoms with van der Waals surface area (Å²) in [7, 11) is 0. The Balaban J connectivity index is 0.000000270. The maximum atomic E-state index is 11.0. The molecule has 1 aromatic heterocycles. The molecule has 7 nitrogen and oxygen atoms in total. The zero-order valence-corrected chi connectivity index (χ0v) is 10.3. The Labute approximate surface area is 116 Å². The number of aromatic nitrogens is 2. The van der Waals surface area contributed by atoms with Gasteiger partial charge in [0.15, 0.2) is 5.82 Å². The van der Waals surface area contributed by atoms with E-state index in [-0.39, 0.29) is 0 Å². The van der Waals surface area contributed by atoms with Crippen molar-refractivity contribution in [1.29, 1.82) is 0 Å². The number of aliphatic imine (C=N–C) groups is 1. The van der Waals surface area contributed by atoms with E-state index in [1.165, 1.54) is 12.5 Å². The van der Waals surface area contributed by atoms with Gasteiger partial charge in [-0.15, -0.1) is 0 Å². The Morgan fingerprint density at radius 1 is 1.33 bits per heavy atom. The number of hydrogen-bond acceptors (Lipinski definition) is 5. The molecule has 1 aliphatic heterocycles. The molecule has 2 rings (SSSR count). The lowest BCUT2D eigenvalue weighted by atomic mass is 10.1. The third-order valence-corrected chi connectivity index (χ3v) is 2.18. The van der Waals surface area contributed by atoms with Gasteiger partial charge in [0.25, 0.3) is 0 Å². The van der Waals surface area contributed by atoms with Crippen molar-refractivity contribution < 1.29 is 27.9 Å². The van der Waals surface area contributed by atoms with Gasteiger partial charge in [-0.2, -0.15) is 13.2 Å². The Morgan fingerprint density at radius 3 is 2.48 bits per heavy atom. The maximum absolute atomic E-state index is 11.0. The number of primary amides is 1. The van der Waals surface area contributed by atoms with Crippen LogP contribution in [0.3, 0.4) is 0 Å². The molecule has 0 aliphatic carbocycles. The van der Waals surface area contributed by atoms with Crippen molar-refractivity contribution in [1.82, 2.24) is 9.97 Å². The Hall–Kier alpha value is -2.78. The highest BCUT2D eigenvalue weighted by molar-refractivity contribution is 5.97. The summed E-state index contributed by atoms with van der Waals surface area (Å²) in [6, 6.07) is 0. The number of hydrogen-bond donors (Lipinski definition) is 2. The first-order valence-electron chi connectivity index (χ1n) is 5.34. The van der Waals surface area contributed by atoms with E-state index in [0.29, 0.717) is 17.8 Å². The average molecular weight is 302 g/mol. The second kappa shape index (κ2) is 6.59. The first-order chi connectivity index (χ1) is 9.71. The molecule has 10 heteroatoms. The minimum absolute atomic E-state index is 0.436.